The lowest BCUT2D eigenvalue weighted by Crippen LogP contribution is -2.33. The van der Waals surface area contributed by atoms with Crippen LogP contribution >= 0.6 is 0 Å². The molecule has 0 unspecified atom stereocenters. The zero-order chi connectivity index (χ0) is 13.8. The van der Waals surface area contributed by atoms with E-state index in [2.05, 4.69) is 20.0 Å². The lowest BCUT2D eigenvalue weighted by molar-refractivity contribution is 0.209. The van der Waals surface area contributed by atoms with Crippen molar-refractivity contribution in [3.8, 4) is 0 Å². The van der Waals surface area contributed by atoms with Crippen LogP contribution in [0.1, 0.15) is 50.2 Å². The van der Waals surface area contributed by atoms with Crippen LogP contribution in [0.2, 0.25) is 0 Å². The maximum Gasteiger partial charge on any atom is 0.165 e. The molecule has 3 heterocycles. The van der Waals surface area contributed by atoms with Crippen LogP contribution in [0.15, 0.2) is 0 Å². The molecule has 0 radical (unpaired) electrons. The van der Waals surface area contributed by atoms with Gasteiger partial charge < -0.3 is 5.84 Å². The fourth-order valence-corrected chi connectivity index (χ4v) is 3.21. The Hall–Kier alpha value is -1.14. The number of nitrogen functional groups attached to an aromatic ring is 1. The Balaban J connectivity index is 1.59. The quantitative estimate of drug-likeness (QED) is 0.831. The van der Waals surface area contributed by atoms with E-state index in [0.29, 0.717) is 0 Å². The van der Waals surface area contributed by atoms with Crippen molar-refractivity contribution in [1.29, 1.82) is 0 Å². The zero-order valence-corrected chi connectivity index (χ0v) is 12.3. The summed E-state index contributed by atoms with van der Waals surface area (Å²) in [6.45, 7) is 6.32. The Morgan fingerprint density at radius 1 is 0.700 bits per heavy atom. The molecule has 0 bridgehead atoms. The van der Waals surface area contributed by atoms with E-state index in [1.807, 2.05) is 0 Å². The van der Waals surface area contributed by atoms with Crippen LogP contribution in [0, 0.1) is 0 Å². The highest BCUT2D eigenvalue weighted by molar-refractivity contribution is 4.96. The second kappa shape index (κ2) is 6.54. The molecule has 0 amide bonds. The molecular weight excluding hydrogens is 252 g/mol. The molecule has 20 heavy (non-hydrogen) atoms. The average Bonchev–Trinajstić information content (AvgIpc) is 2.83. The number of nitrogens with two attached hydrogens (primary N) is 1. The van der Waals surface area contributed by atoms with E-state index in [1.54, 1.807) is 4.68 Å². The van der Waals surface area contributed by atoms with Crippen LogP contribution in [-0.2, 0) is 13.1 Å². The Morgan fingerprint density at radius 3 is 1.50 bits per heavy atom. The average molecular weight is 278 g/mol. The van der Waals surface area contributed by atoms with Crippen LogP contribution in [0.4, 0.5) is 0 Å². The summed E-state index contributed by atoms with van der Waals surface area (Å²) in [6, 6.07) is 0. The minimum atomic E-state index is 0.837. The van der Waals surface area contributed by atoms with Gasteiger partial charge in [0, 0.05) is 0 Å². The van der Waals surface area contributed by atoms with E-state index in [1.165, 1.54) is 38.5 Å². The first-order chi connectivity index (χ1) is 9.83. The van der Waals surface area contributed by atoms with E-state index in [4.69, 9.17) is 5.84 Å². The molecule has 6 heteroatoms. The molecule has 2 saturated heterocycles. The normalized spacial score (nSPS) is 22.2. The van der Waals surface area contributed by atoms with Gasteiger partial charge in [0.25, 0.3) is 0 Å². The van der Waals surface area contributed by atoms with Gasteiger partial charge in [0.15, 0.2) is 11.6 Å². The molecule has 0 atom stereocenters. The van der Waals surface area contributed by atoms with Gasteiger partial charge in [-0.15, -0.1) is 10.2 Å². The zero-order valence-electron chi connectivity index (χ0n) is 12.3. The Morgan fingerprint density at radius 2 is 1.10 bits per heavy atom. The van der Waals surface area contributed by atoms with Crippen molar-refractivity contribution in [2.45, 2.75) is 51.6 Å². The topological polar surface area (TPSA) is 63.2 Å². The maximum absolute atomic E-state index is 6.18. The minimum Gasteiger partial charge on any atom is -0.336 e. The Bertz CT molecular complexity index is 380. The lowest BCUT2D eigenvalue weighted by Gasteiger charge is -2.26. The standard InChI is InChI=1S/C14H26N6/c15-20-13(11-18-7-3-1-4-8-18)16-17-14(20)12-19-9-5-2-6-10-19/h1-12,15H2. The van der Waals surface area contributed by atoms with E-state index in [0.717, 1.165) is 50.9 Å². The van der Waals surface area contributed by atoms with Gasteiger partial charge in [-0.25, -0.2) is 4.68 Å². The van der Waals surface area contributed by atoms with Crippen molar-refractivity contribution in [2.24, 2.45) is 0 Å². The second-order valence-corrected chi connectivity index (χ2v) is 6.08. The van der Waals surface area contributed by atoms with Crippen LogP contribution in [-0.4, -0.2) is 50.9 Å². The highest BCUT2D eigenvalue weighted by Gasteiger charge is 2.18. The largest absolute Gasteiger partial charge is 0.336 e. The van der Waals surface area contributed by atoms with Crippen LogP contribution in [0.5, 0.6) is 0 Å². The molecule has 0 aliphatic carbocycles. The smallest absolute Gasteiger partial charge is 0.165 e. The molecule has 0 aromatic carbocycles. The third-order valence-electron chi connectivity index (χ3n) is 4.46. The van der Waals surface area contributed by atoms with Crippen molar-refractivity contribution < 1.29 is 0 Å². The molecule has 6 nitrogen and oxygen atoms in total. The summed E-state index contributed by atoms with van der Waals surface area (Å²) in [7, 11) is 0. The SMILES string of the molecule is Nn1c(CN2CCCCC2)nnc1CN1CCCCC1. The monoisotopic (exact) mass is 278 g/mol. The first-order valence-corrected chi connectivity index (χ1v) is 7.96. The van der Waals surface area contributed by atoms with Gasteiger partial charge in [-0.05, 0) is 51.9 Å². The van der Waals surface area contributed by atoms with Gasteiger partial charge >= 0.3 is 0 Å². The van der Waals surface area contributed by atoms with E-state index in [-0.39, 0.29) is 0 Å². The fraction of sp³-hybridized carbons (Fsp3) is 0.857. The molecule has 1 aromatic rings. The molecule has 2 aliphatic heterocycles. The van der Waals surface area contributed by atoms with Gasteiger partial charge in [0.1, 0.15) is 0 Å². The highest BCUT2D eigenvalue weighted by atomic mass is 15.4. The number of aromatic nitrogens is 3. The molecule has 0 spiro atoms. The molecule has 2 N–H and O–H groups in total. The predicted molar refractivity (Wildman–Crippen MR) is 78.4 cm³/mol. The summed E-state index contributed by atoms with van der Waals surface area (Å²) >= 11 is 0. The molecule has 1 aromatic heterocycles. The van der Waals surface area contributed by atoms with Gasteiger partial charge in [-0.1, -0.05) is 12.8 Å². The van der Waals surface area contributed by atoms with Crippen LogP contribution in [0.3, 0.4) is 0 Å². The molecule has 112 valence electrons. The van der Waals surface area contributed by atoms with Gasteiger partial charge in [0.2, 0.25) is 0 Å². The van der Waals surface area contributed by atoms with Crippen molar-refractivity contribution in [1.82, 2.24) is 24.7 Å². The highest BCUT2D eigenvalue weighted by Crippen LogP contribution is 2.14. The van der Waals surface area contributed by atoms with Crippen LogP contribution < -0.4 is 5.84 Å². The minimum absolute atomic E-state index is 0.837. The third kappa shape index (κ3) is 3.30. The van der Waals surface area contributed by atoms with Crippen molar-refractivity contribution in [3.05, 3.63) is 11.6 Å². The summed E-state index contributed by atoms with van der Waals surface area (Å²) in [5.74, 6) is 7.98. The van der Waals surface area contributed by atoms with Crippen molar-refractivity contribution in [3.63, 3.8) is 0 Å². The third-order valence-corrected chi connectivity index (χ3v) is 4.46. The maximum atomic E-state index is 6.18. The van der Waals surface area contributed by atoms with E-state index in [9.17, 15) is 0 Å². The number of hydrogen-bond acceptors (Lipinski definition) is 5. The van der Waals surface area contributed by atoms with Gasteiger partial charge in [-0.2, -0.15) is 0 Å². The van der Waals surface area contributed by atoms with Crippen LogP contribution in [0.25, 0.3) is 0 Å². The first-order valence-electron chi connectivity index (χ1n) is 7.96. The summed E-state index contributed by atoms with van der Waals surface area (Å²) in [5, 5.41) is 8.59. The Labute approximate surface area is 120 Å². The molecule has 0 saturated carbocycles. The Kier molecular flexibility index (Phi) is 4.52. The fourth-order valence-electron chi connectivity index (χ4n) is 3.21. The van der Waals surface area contributed by atoms with Crippen molar-refractivity contribution in [2.75, 3.05) is 32.0 Å². The number of hydrogen-bond donors (Lipinski definition) is 1. The first kappa shape index (κ1) is 13.8. The van der Waals surface area contributed by atoms with E-state index >= 15 is 0 Å². The molecule has 2 aliphatic rings. The number of nitrogens with zero attached hydrogens (tertiary/aromatic N) is 5. The van der Waals surface area contributed by atoms with Gasteiger partial charge in [-0.3, -0.25) is 9.80 Å². The molecule has 2 fully saturated rings. The number of likely N-dealkylation sites (tertiary alicyclic amines) is 2. The predicted octanol–water partition coefficient (Wildman–Crippen LogP) is 0.964. The van der Waals surface area contributed by atoms with Gasteiger partial charge in [0.05, 0.1) is 13.1 Å². The van der Waals surface area contributed by atoms with E-state index < -0.39 is 0 Å². The summed E-state index contributed by atoms with van der Waals surface area (Å²) in [5.41, 5.74) is 0. The number of rotatable bonds is 4. The summed E-state index contributed by atoms with van der Waals surface area (Å²) in [6.07, 6.45) is 7.87. The lowest BCUT2D eigenvalue weighted by atomic mass is 10.1. The van der Waals surface area contributed by atoms with Crippen molar-refractivity contribution >= 4 is 0 Å². The summed E-state index contributed by atoms with van der Waals surface area (Å²) < 4.78 is 1.71. The second-order valence-electron chi connectivity index (χ2n) is 6.08. The summed E-state index contributed by atoms with van der Waals surface area (Å²) in [4.78, 5) is 4.86. The number of piperidine rings is 2. The molecule has 3 rings (SSSR count). The molecular formula is C14H26N6.